The maximum Gasteiger partial charge on any atom is 0.270 e. The van der Waals surface area contributed by atoms with Gasteiger partial charge in [-0.2, -0.15) is 5.26 Å². The van der Waals surface area contributed by atoms with Crippen LogP contribution in [0.4, 0.5) is 0 Å². The Morgan fingerprint density at radius 2 is 1.82 bits per heavy atom. The monoisotopic (exact) mass is 719 g/mol. The van der Waals surface area contributed by atoms with Crippen molar-refractivity contribution in [3.8, 4) is 11.8 Å². The third-order valence-corrected chi connectivity index (χ3v) is 8.90. The molecule has 1 amide bonds. The number of aryl methyl sites for hydroxylation is 1. The average Bonchev–Trinajstić information content (AvgIpc) is 3.52. The number of unbranched alkanes of at least 4 members (excludes halogenated alkanes) is 2. The second-order valence-electron chi connectivity index (χ2n) is 13.0. The Morgan fingerprint density at radius 1 is 1.14 bits per heavy atom. The zero-order valence-corrected chi connectivity index (χ0v) is 32.0. The van der Waals surface area contributed by atoms with E-state index in [4.69, 9.17) is 19.5 Å². The third-order valence-electron chi connectivity index (χ3n) is 8.90. The van der Waals surface area contributed by atoms with Gasteiger partial charge in [-0.3, -0.25) is 9.59 Å². The van der Waals surface area contributed by atoms with E-state index in [1.165, 1.54) is 7.05 Å². The van der Waals surface area contributed by atoms with E-state index >= 15 is 0 Å². The Hall–Kier alpha value is -3.04. The minimum atomic E-state index is -0.681. The molecule has 273 valence electrons. The number of H-pyrrole nitrogens is 1. The topological polar surface area (TPSA) is 168 Å². The second kappa shape index (κ2) is 24.2. The SMILES string of the molecule is C=O.CC.CN.COc1ccc2nc(CCCCCC3CCCC[C@H]3O[C@H](C(=O)N3CCC(CC#N)C3[C-]=O)C(C)(C)C)c(=O)[nH]c2c1.[V]. The minimum Gasteiger partial charge on any atom is -0.540 e. The summed E-state index contributed by atoms with van der Waals surface area (Å²) in [6.45, 7) is 12.5. The number of nitriles is 1. The number of aromatic amines is 1. The van der Waals surface area contributed by atoms with Crippen molar-refractivity contribution in [1.82, 2.24) is 14.9 Å². The Bertz CT molecular complexity index is 1360. The number of nitrogens with zero attached hydrogens (tertiary/aromatic N) is 3. The summed E-state index contributed by atoms with van der Waals surface area (Å²) < 4.78 is 11.9. The summed E-state index contributed by atoms with van der Waals surface area (Å²) in [5, 5.41) is 9.15. The van der Waals surface area contributed by atoms with Crippen LogP contribution in [0.15, 0.2) is 23.0 Å². The smallest absolute Gasteiger partial charge is 0.270 e. The van der Waals surface area contributed by atoms with Crippen LogP contribution in [0.5, 0.6) is 5.75 Å². The van der Waals surface area contributed by atoms with Gasteiger partial charge in [0.15, 0.2) is 0 Å². The first-order valence-corrected chi connectivity index (χ1v) is 17.3. The maximum atomic E-state index is 13.8. The number of rotatable bonds is 12. The molecule has 1 saturated heterocycles. The van der Waals surface area contributed by atoms with Crippen LogP contribution in [0.25, 0.3) is 11.0 Å². The van der Waals surface area contributed by atoms with Crippen molar-refractivity contribution in [3.05, 3.63) is 34.2 Å². The molecule has 2 fully saturated rings. The Kier molecular flexibility index (Phi) is 22.7. The molecule has 1 radical (unpaired) electrons. The predicted molar refractivity (Wildman–Crippen MR) is 189 cm³/mol. The van der Waals surface area contributed by atoms with Gasteiger partial charge in [-0.15, -0.1) is 0 Å². The summed E-state index contributed by atoms with van der Waals surface area (Å²) >= 11 is 0. The number of nitrogens with one attached hydrogen (secondary N) is 1. The van der Waals surface area contributed by atoms with E-state index in [-0.39, 0.29) is 48.5 Å². The molecule has 3 unspecified atom stereocenters. The number of methoxy groups -OCH3 is 1. The van der Waals surface area contributed by atoms with Gasteiger partial charge in [0, 0.05) is 37.6 Å². The van der Waals surface area contributed by atoms with E-state index in [9.17, 15) is 14.4 Å². The van der Waals surface area contributed by atoms with Crippen molar-refractivity contribution in [2.75, 3.05) is 20.7 Å². The standard InChI is InChI=1S/C33H45N4O5.C2H6.CH5N.CH2O.V/c1-33(2,3)30(32(40)37-19-17-22(16-18-34)28(37)21-38)42-29-13-9-8-11-23(29)10-6-5-7-12-26-31(39)36-27-20-24(41-4)14-15-25(27)35-26;3*1-2;/h14-15,20,22-23,28-30H,5-13,16-17,19H2,1-4H3,(H,36,39);1-2H3;2H2,1H3;1H2;/q-1;;;;/t22?,23?,28?,29-,30-;;;;/m1..../s1. The maximum absolute atomic E-state index is 13.8. The summed E-state index contributed by atoms with van der Waals surface area (Å²) in [6, 6.07) is 6.94. The van der Waals surface area contributed by atoms with E-state index < -0.39 is 17.6 Å². The van der Waals surface area contributed by atoms with Gasteiger partial charge in [-0.1, -0.05) is 66.3 Å². The summed E-state index contributed by atoms with van der Waals surface area (Å²) in [6.07, 6.45) is 11.0. The van der Waals surface area contributed by atoms with Gasteiger partial charge in [-0.25, -0.2) is 11.3 Å². The van der Waals surface area contributed by atoms with Gasteiger partial charge >= 0.3 is 0 Å². The van der Waals surface area contributed by atoms with Crippen molar-refractivity contribution in [2.45, 2.75) is 123 Å². The summed E-state index contributed by atoms with van der Waals surface area (Å²) in [5.41, 5.74) is 5.89. The van der Waals surface area contributed by atoms with Crippen molar-refractivity contribution in [2.24, 2.45) is 23.0 Å². The van der Waals surface area contributed by atoms with Crippen LogP contribution in [-0.2, 0) is 44.1 Å². The molecule has 3 N–H and O–H groups in total. The molecule has 1 aliphatic carbocycles. The summed E-state index contributed by atoms with van der Waals surface area (Å²) in [7, 11) is 3.09. The molecular formula is C37H58N5O6V-. The van der Waals surface area contributed by atoms with Gasteiger partial charge < -0.3 is 34.7 Å². The summed E-state index contributed by atoms with van der Waals surface area (Å²) in [5.74, 6) is 0.724. The Balaban J connectivity index is 0.00000312. The van der Waals surface area contributed by atoms with Gasteiger partial charge in [0.05, 0.1) is 30.3 Å². The number of fused-ring (bicyclic) bond motifs is 1. The molecule has 49 heavy (non-hydrogen) atoms. The largest absolute Gasteiger partial charge is 0.540 e. The Morgan fingerprint density at radius 3 is 2.43 bits per heavy atom. The molecule has 1 saturated carbocycles. The molecule has 1 aromatic carbocycles. The first-order chi connectivity index (χ1) is 23.2. The molecule has 2 heterocycles. The van der Waals surface area contributed by atoms with E-state index in [2.05, 4.69) is 21.8 Å². The molecule has 4 rings (SSSR count). The fourth-order valence-electron chi connectivity index (χ4n) is 6.51. The number of likely N-dealkylation sites (tertiary alicyclic amines) is 1. The van der Waals surface area contributed by atoms with E-state index in [1.807, 2.05) is 59.8 Å². The molecular weight excluding hydrogens is 661 g/mol. The first-order valence-electron chi connectivity index (χ1n) is 17.3. The van der Waals surface area contributed by atoms with Gasteiger partial charge in [0.25, 0.3) is 5.56 Å². The van der Waals surface area contributed by atoms with Crippen LogP contribution in [0.2, 0.25) is 0 Å². The molecule has 2 aliphatic rings. The van der Waals surface area contributed by atoms with Gasteiger partial charge in [-0.05, 0) is 75.0 Å². The fraction of sp³-hybridized carbons (Fsp3) is 0.676. The van der Waals surface area contributed by atoms with Gasteiger partial charge in [0.2, 0.25) is 5.91 Å². The molecule has 11 nitrogen and oxygen atoms in total. The number of benzene rings is 1. The van der Waals surface area contributed by atoms with E-state index in [1.54, 1.807) is 18.1 Å². The number of carbonyl (C=O) groups excluding carboxylic acids is 3. The number of hydrogen-bond acceptors (Lipinski definition) is 9. The van der Waals surface area contributed by atoms with Crippen LogP contribution in [0, 0.1) is 28.6 Å². The predicted octanol–water partition coefficient (Wildman–Crippen LogP) is 5.68. The summed E-state index contributed by atoms with van der Waals surface area (Å²) in [4.78, 5) is 55.2. The molecule has 1 aliphatic heterocycles. The Labute approximate surface area is 305 Å². The second-order valence-corrected chi connectivity index (χ2v) is 13.0. The van der Waals surface area contributed by atoms with E-state index in [0.717, 1.165) is 56.9 Å². The molecule has 12 heteroatoms. The zero-order chi connectivity index (χ0) is 36.3. The quantitative estimate of drug-likeness (QED) is 0.207. The molecule has 2 aromatic rings. The van der Waals surface area contributed by atoms with Crippen LogP contribution in [0.3, 0.4) is 0 Å². The first kappa shape index (κ1) is 46.0. The minimum absolute atomic E-state index is 0. The molecule has 5 atom stereocenters. The number of ether oxygens (including phenoxy) is 2. The van der Waals surface area contributed by atoms with Crippen molar-refractivity contribution in [1.29, 1.82) is 5.26 Å². The van der Waals surface area contributed by atoms with Gasteiger partial charge in [0.1, 0.15) is 24.3 Å². The molecule has 1 aromatic heterocycles. The third kappa shape index (κ3) is 13.3. The van der Waals surface area contributed by atoms with Crippen LogP contribution >= 0.6 is 0 Å². The van der Waals surface area contributed by atoms with Crippen molar-refractivity contribution < 1.29 is 42.4 Å². The average molecular weight is 720 g/mol. The number of nitrogens with two attached hydrogens (primary N) is 1. The molecule has 0 spiro atoms. The van der Waals surface area contributed by atoms with Crippen LogP contribution in [0.1, 0.15) is 105 Å². The zero-order valence-electron chi connectivity index (χ0n) is 30.6. The number of hydrogen-bond donors (Lipinski definition) is 2. The fourth-order valence-corrected chi connectivity index (χ4v) is 6.51. The van der Waals surface area contributed by atoms with E-state index in [0.29, 0.717) is 42.3 Å². The van der Waals surface area contributed by atoms with Crippen molar-refractivity contribution in [3.63, 3.8) is 0 Å². The number of amides is 1. The van der Waals surface area contributed by atoms with Crippen LogP contribution < -0.4 is 16.0 Å². The number of aromatic nitrogens is 2. The molecule has 0 bridgehead atoms. The normalized spacial score (nSPS) is 20.4. The number of carbonyl (C=O) groups is 2. The van der Waals surface area contributed by atoms with Crippen LogP contribution in [-0.4, -0.2) is 72.8 Å². The van der Waals surface area contributed by atoms with Crippen molar-refractivity contribution >= 4 is 30.0 Å².